The topological polar surface area (TPSA) is 683 Å². The van der Waals surface area contributed by atoms with Gasteiger partial charge in [-0.15, -0.1) is 0 Å². The number of carboxylic acids is 3. The fraction of sp³-hybridized carbons (Fsp3) is 0.804. The first kappa shape index (κ1) is 81.3. The van der Waals surface area contributed by atoms with Gasteiger partial charge in [-0.25, -0.2) is 0 Å². The molecule has 0 spiro atoms. The summed E-state index contributed by atoms with van der Waals surface area (Å²) in [5.41, 5.74) is 0. The van der Waals surface area contributed by atoms with Gasteiger partial charge in [-0.1, -0.05) is 0 Å². The second kappa shape index (κ2) is 42.3. The van der Waals surface area contributed by atoms with Crippen LogP contribution in [-0.4, -0.2) is 431 Å². The van der Waals surface area contributed by atoms with Crippen LogP contribution in [0.3, 0.4) is 0 Å². The van der Waals surface area contributed by atoms with Crippen molar-refractivity contribution in [1.82, 2.24) is 45.8 Å². The molecule has 0 saturated heterocycles. The van der Waals surface area contributed by atoms with Gasteiger partial charge in [-0.05, 0) is 0 Å². The Labute approximate surface area is 494 Å². The average Bonchev–Trinajstić information content (AvgIpc) is 3.49. The van der Waals surface area contributed by atoms with E-state index in [4.69, 9.17) is 20.4 Å². The number of aliphatic hydroxyl groups is 20. The Morgan fingerprint density at radius 3 is 0.667 bits per heavy atom. The summed E-state index contributed by atoms with van der Waals surface area (Å²) in [5.74, 6) is -12.2. The highest BCUT2D eigenvalue weighted by molar-refractivity contribution is 5.84. The minimum atomic E-state index is -2.44. The van der Waals surface area contributed by atoms with Crippen LogP contribution in [0.2, 0.25) is 0 Å². The van der Waals surface area contributed by atoms with Gasteiger partial charge in [0.05, 0.1) is 59.2 Å². The van der Waals surface area contributed by atoms with Crippen LogP contribution in [0.5, 0.6) is 0 Å². The van der Waals surface area contributed by atoms with E-state index >= 15 is 0 Å². The molecule has 6 amide bonds. The van der Waals surface area contributed by atoms with E-state index in [0.29, 0.717) is 0 Å². The quantitative estimate of drug-likeness (QED) is 0.0269. The van der Waals surface area contributed by atoms with Gasteiger partial charge in [-0.2, -0.15) is 0 Å². The molecule has 506 valence electrons. The predicted octanol–water partition coefficient (Wildman–Crippen LogP) is -19.0. The third-order valence-electron chi connectivity index (χ3n) is 12.8. The van der Waals surface area contributed by atoms with Crippen LogP contribution < -0.4 is 21.3 Å². The number of carbonyl (C=O) groups is 9. The molecule has 41 nitrogen and oxygen atoms in total. The molecule has 0 fully saturated rings. The first-order valence-corrected chi connectivity index (χ1v) is 26.4. The average molecular weight is 1280 g/mol. The molecule has 27 N–H and O–H groups in total. The van der Waals surface area contributed by atoms with Crippen molar-refractivity contribution < 1.29 is 161 Å². The second-order valence-electron chi connectivity index (χ2n) is 19.5. The minimum Gasteiger partial charge on any atom is -0.480 e. The van der Waals surface area contributed by atoms with Crippen molar-refractivity contribution in [3.05, 3.63) is 0 Å². The van der Waals surface area contributed by atoms with E-state index in [2.05, 4.69) is 21.3 Å². The summed E-state index contributed by atoms with van der Waals surface area (Å²) >= 11 is 0. The van der Waals surface area contributed by atoms with Gasteiger partial charge in [0.2, 0.25) is 11.8 Å². The van der Waals surface area contributed by atoms with Crippen LogP contribution >= 0.6 is 0 Å². The molecule has 0 aromatic rings. The van der Waals surface area contributed by atoms with Gasteiger partial charge in [0.1, 0.15) is 73.2 Å². The zero-order chi connectivity index (χ0) is 67.0. The van der Waals surface area contributed by atoms with Gasteiger partial charge >= 0.3 is 17.9 Å². The molecular formula is C46H85N9O32. The molecule has 0 aromatic carbocycles. The lowest BCUT2D eigenvalue weighted by Crippen LogP contribution is -2.54. The predicted molar refractivity (Wildman–Crippen MR) is 282 cm³/mol. The molecule has 16 atom stereocenters. The maximum Gasteiger partial charge on any atom is 0.317 e. The van der Waals surface area contributed by atoms with E-state index in [1.807, 2.05) is 0 Å². The van der Waals surface area contributed by atoms with Gasteiger partial charge in [0.15, 0.2) is 24.4 Å². The number of amides is 6. The highest BCUT2D eigenvalue weighted by Crippen LogP contribution is 2.10. The largest absolute Gasteiger partial charge is 0.480 e. The zero-order valence-electron chi connectivity index (χ0n) is 46.8. The number of nitrogens with one attached hydrogen (secondary N) is 4. The molecule has 0 aliphatic heterocycles. The molecule has 0 rings (SSSR count). The van der Waals surface area contributed by atoms with Crippen LogP contribution in [0.25, 0.3) is 0 Å². The van der Waals surface area contributed by atoms with Crippen LogP contribution in [0.4, 0.5) is 0 Å². The lowest BCUT2D eigenvalue weighted by Gasteiger charge is -2.31. The Kier molecular flexibility index (Phi) is 39.5. The minimum absolute atomic E-state index is 0.430. The summed E-state index contributed by atoms with van der Waals surface area (Å²) < 4.78 is 0. The number of hydrogen-bond acceptors (Lipinski definition) is 32. The van der Waals surface area contributed by atoms with E-state index in [1.165, 1.54) is 0 Å². The third-order valence-corrected chi connectivity index (χ3v) is 12.8. The van der Waals surface area contributed by atoms with Crippen molar-refractivity contribution in [1.29, 1.82) is 0 Å². The van der Waals surface area contributed by atoms with Crippen molar-refractivity contribution in [2.45, 2.75) is 97.7 Å². The molecule has 0 saturated carbocycles. The van der Waals surface area contributed by atoms with Crippen molar-refractivity contribution in [3.63, 3.8) is 0 Å². The lowest BCUT2D eigenvalue weighted by atomic mass is 10.0. The molecule has 0 unspecified atom stereocenters. The first-order chi connectivity index (χ1) is 40.6. The summed E-state index contributed by atoms with van der Waals surface area (Å²) in [6.45, 7) is -15.4. The molecule has 0 radical (unpaired) electrons. The summed E-state index contributed by atoms with van der Waals surface area (Å²) in [4.78, 5) is 119. The normalized spacial score (nSPS) is 17.4. The number of carboxylic acid groups (broad SMARTS) is 3. The van der Waals surface area contributed by atoms with E-state index in [9.17, 15) is 140 Å². The third kappa shape index (κ3) is 29.9. The summed E-state index contributed by atoms with van der Waals surface area (Å²) in [7, 11) is 0. The van der Waals surface area contributed by atoms with Crippen LogP contribution in [0.15, 0.2) is 0 Å². The maximum absolute atomic E-state index is 13.9. The van der Waals surface area contributed by atoms with Gasteiger partial charge in [0.25, 0.3) is 23.6 Å². The Hall–Kier alpha value is -5.69. The van der Waals surface area contributed by atoms with Gasteiger partial charge in [0, 0.05) is 78.5 Å². The van der Waals surface area contributed by atoms with Crippen LogP contribution in [-0.2, 0) is 43.2 Å². The number of carbonyl (C=O) groups excluding carboxylic acids is 6. The number of hydrogen-bond donors (Lipinski definition) is 27. The second-order valence-corrected chi connectivity index (χ2v) is 19.5. The van der Waals surface area contributed by atoms with E-state index in [-0.39, 0.29) is 0 Å². The van der Waals surface area contributed by atoms with E-state index < -0.39 is 289 Å². The molecule has 0 aliphatic rings. The summed E-state index contributed by atoms with van der Waals surface area (Å²) in [5, 5.41) is 233. The van der Waals surface area contributed by atoms with Gasteiger partial charge in [-0.3, -0.25) is 57.9 Å². The number of aliphatic carboxylic acids is 3. The molecule has 0 aliphatic carbocycles. The van der Waals surface area contributed by atoms with Gasteiger partial charge < -0.3 is 149 Å². The Balaban J connectivity index is 6.66. The van der Waals surface area contributed by atoms with Crippen molar-refractivity contribution >= 4 is 53.4 Å². The zero-order valence-corrected chi connectivity index (χ0v) is 46.8. The molecule has 0 aromatic heterocycles. The monoisotopic (exact) mass is 1280 g/mol. The summed E-state index contributed by atoms with van der Waals surface area (Å²) in [6, 6.07) is 0. The number of rotatable bonds is 48. The SMILES string of the molecule is O=C(O)CN(CCN(CC(=O)O)CC(=O)N(CCNC(=O)[C@H](O)[C@@H](O)[C@H](O)[C@H](O)CO)CCNC(=O)[C@H](O)[C@@H](O)[C@H](O)[C@H](O)CO)CCN(CC(=O)O)CC(=O)N(CCNC(=O)[C@H](O)[C@@H](O)[C@H](O)[C@H](O)CO)CCNC(=O)[C@H](O)[C@@H](O)[C@H](O)[C@H](O)CO. The molecule has 0 bridgehead atoms. The molecule has 87 heavy (non-hydrogen) atoms. The summed E-state index contributed by atoms with van der Waals surface area (Å²) in [6.07, 6.45) is -36.1. The number of aliphatic hydroxyl groups excluding tert-OH is 20. The maximum atomic E-state index is 13.9. The molecule has 41 heteroatoms. The smallest absolute Gasteiger partial charge is 0.317 e. The fourth-order valence-electron chi connectivity index (χ4n) is 7.53. The Bertz CT molecular complexity index is 1890. The van der Waals surface area contributed by atoms with Crippen LogP contribution in [0.1, 0.15) is 0 Å². The Morgan fingerprint density at radius 2 is 0.471 bits per heavy atom. The highest BCUT2D eigenvalue weighted by atomic mass is 16.4. The fourth-order valence-corrected chi connectivity index (χ4v) is 7.53. The molecule has 0 heterocycles. The van der Waals surface area contributed by atoms with Crippen molar-refractivity contribution in [3.8, 4) is 0 Å². The number of nitrogens with zero attached hydrogens (tertiary/aromatic N) is 5. The van der Waals surface area contributed by atoms with Crippen LogP contribution in [0, 0.1) is 0 Å². The first-order valence-electron chi connectivity index (χ1n) is 26.4. The Morgan fingerprint density at radius 1 is 0.276 bits per heavy atom. The standard InChI is InChI=1S/C46H85N9O32/c56-18-22(60)31(72)35(76)39(80)43(84)47-1-5-54(6-2-48-44(85)40(81)36(77)32(73)23(61)19-57)26(64)13-52(16-29(68)69)11-9-51(15-28(66)67)10-12-53(17-30(70)71)14-27(65)55(7-3-49-45(86)41(82)37(78)33(74)24(62)20-58)8-4-50-46(87)42(83)38(79)34(75)25(63)21-59/h22-25,31-42,56-63,72-83H,1-21H2,(H,47,84)(H,48,85)(H,49,86)(H,50,87)(H,66,67)(H,68,69)(H,70,71)/t22-,23-,24-,25-,31-,32-,33-,34-,35+,36+,37+,38+,39-,40-,41-,42-/m1/s1. The van der Waals surface area contributed by atoms with E-state index in [1.54, 1.807) is 0 Å². The van der Waals surface area contributed by atoms with Crippen molar-refractivity contribution in [2.75, 3.05) is 138 Å². The van der Waals surface area contributed by atoms with E-state index in [0.717, 1.165) is 24.5 Å². The highest BCUT2D eigenvalue weighted by Gasteiger charge is 2.38. The molecular weight excluding hydrogens is 1190 g/mol. The lowest BCUT2D eigenvalue weighted by molar-refractivity contribution is -0.149. The van der Waals surface area contributed by atoms with Crippen molar-refractivity contribution in [2.24, 2.45) is 0 Å².